The fourth-order valence-electron chi connectivity index (χ4n) is 1.53. The Morgan fingerprint density at radius 2 is 2.14 bits per heavy atom. The number of rotatable bonds is 7. The summed E-state index contributed by atoms with van der Waals surface area (Å²) in [4.78, 5) is 11.6. The Kier molecular flexibility index (Phi) is 7.23. The number of halogens is 1. The van der Waals surface area contributed by atoms with Crippen LogP contribution in [0.15, 0.2) is 23.3 Å². The number of hydrogen-bond donors (Lipinski definition) is 1. The Bertz CT molecular complexity index is 513. The van der Waals surface area contributed by atoms with Crippen LogP contribution in [0.2, 0.25) is 5.02 Å². The molecule has 0 aliphatic rings. The molecule has 0 bridgehead atoms. The fraction of sp³-hybridized carbons (Fsp3) is 0.500. The van der Waals surface area contributed by atoms with Gasteiger partial charge in [0.1, 0.15) is 5.75 Å². The zero-order chi connectivity index (χ0) is 15.8. The van der Waals surface area contributed by atoms with Crippen molar-refractivity contribution in [3.8, 4) is 5.75 Å². The van der Waals surface area contributed by atoms with E-state index in [1.165, 1.54) is 0 Å². The molecule has 0 spiro atoms. The van der Waals surface area contributed by atoms with E-state index in [0.717, 1.165) is 17.0 Å². The van der Waals surface area contributed by atoms with E-state index in [1.807, 2.05) is 39.8 Å². The van der Waals surface area contributed by atoms with Gasteiger partial charge in [-0.25, -0.2) is 5.43 Å². The summed E-state index contributed by atoms with van der Waals surface area (Å²) in [5.41, 5.74) is 4.46. The highest BCUT2D eigenvalue weighted by atomic mass is 35.5. The van der Waals surface area contributed by atoms with E-state index >= 15 is 0 Å². The Morgan fingerprint density at radius 1 is 1.43 bits per heavy atom. The lowest BCUT2D eigenvalue weighted by atomic mass is 10.1. The molecule has 1 aromatic carbocycles. The zero-order valence-corrected chi connectivity index (χ0v) is 13.8. The van der Waals surface area contributed by atoms with E-state index in [-0.39, 0.29) is 5.91 Å². The summed E-state index contributed by atoms with van der Waals surface area (Å²) in [6.07, 6.45) is 1.03. The molecule has 4 nitrogen and oxygen atoms in total. The third kappa shape index (κ3) is 6.63. The van der Waals surface area contributed by atoms with Crippen LogP contribution >= 0.6 is 11.6 Å². The maximum atomic E-state index is 11.6. The summed E-state index contributed by atoms with van der Waals surface area (Å²) < 4.78 is 5.63. The molecule has 0 fully saturated rings. The lowest BCUT2D eigenvalue weighted by molar-refractivity contribution is -0.121. The van der Waals surface area contributed by atoms with Gasteiger partial charge in [-0.3, -0.25) is 4.79 Å². The Labute approximate surface area is 131 Å². The number of hydrazone groups is 1. The van der Waals surface area contributed by atoms with Crippen LogP contribution in [0.3, 0.4) is 0 Å². The van der Waals surface area contributed by atoms with E-state index in [1.54, 1.807) is 6.07 Å². The molecule has 116 valence electrons. The summed E-state index contributed by atoms with van der Waals surface area (Å²) in [5.74, 6) is 1.04. The molecule has 1 amide bonds. The van der Waals surface area contributed by atoms with E-state index < -0.39 is 0 Å². The molecule has 0 unspecified atom stereocenters. The first-order chi connectivity index (χ1) is 9.90. The van der Waals surface area contributed by atoms with E-state index in [2.05, 4.69) is 10.5 Å². The van der Waals surface area contributed by atoms with Crippen LogP contribution in [0.5, 0.6) is 5.75 Å². The number of carbonyl (C=O) groups excluding carboxylic acids is 1. The largest absolute Gasteiger partial charge is 0.493 e. The molecule has 1 aromatic rings. The molecule has 1 N–H and O–H groups in total. The number of ether oxygens (including phenoxy) is 1. The molecular formula is C16H23ClN2O2. The van der Waals surface area contributed by atoms with Crippen molar-refractivity contribution in [3.63, 3.8) is 0 Å². The van der Waals surface area contributed by atoms with Crippen molar-refractivity contribution in [1.82, 2.24) is 5.43 Å². The first-order valence-electron chi connectivity index (χ1n) is 7.12. The smallest absolute Gasteiger partial charge is 0.240 e. The second kappa shape index (κ2) is 8.67. The van der Waals surface area contributed by atoms with Crippen molar-refractivity contribution in [2.45, 2.75) is 40.5 Å². The second-order valence-electron chi connectivity index (χ2n) is 5.30. The topological polar surface area (TPSA) is 50.7 Å². The molecule has 0 radical (unpaired) electrons. The summed E-state index contributed by atoms with van der Waals surface area (Å²) in [6, 6.07) is 5.49. The molecule has 0 heterocycles. The minimum absolute atomic E-state index is 0.0913. The van der Waals surface area contributed by atoms with Crippen LogP contribution < -0.4 is 10.2 Å². The van der Waals surface area contributed by atoms with Gasteiger partial charge in [-0.15, -0.1) is 0 Å². The van der Waals surface area contributed by atoms with Crippen molar-refractivity contribution in [2.75, 3.05) is 6.61 Å². The van der Waals surface area contributed by atoms with Crippen molar-refractivity contribution in [3.05, 3.63) is 28.8 Å². The average molecular weight is 311 g/mol. The Balaban J connectivity index is 2.28. The highest BCUT2D eigenvalue weighted by Crippen LogP contribution is 2.21. The van der Waals surface area contributed by atoms with E-state index in [9.17, 15) is 4.79 Å². The Morgan fingerprint density at radius 3 is 2.76 bits per heavy atom. The normalized spacial score (nSPS) is 11.6. The van der Waals surface area contributed by atoms with Crippen molar-refractivity contribution >= 4 is 23.2 Å². The van der Waals surface area contributed by atoms with Crippen molar-refractivity contribution < 1.29 is 9.53 Å². The molecular weight excluding hydrogens is 288 g/mol. The highest BCUT2D eigenvalue weighted by Gasteiger charge is 2.04. The predicted octanol–water partition coefficient (Wildman–Crippen LogP) is 3.96. The van der Waals surface area contributed by atoms with Crippen LogP contribution in [0.25, 0.3) is 0 Å². The van der Waals surface area contributed by atoms with Gasteiger partial charge in [0.05, 0.1) is 6.61 Å². The lowest BCUT2D eigenvalue weighted by Gasteiger charge is -2.09. The van der Waals surface area contributed by atoms with Crippen molar-refractivity contribution in [1.29, 1.82) is 0 Å². The summed E-state index contributed by atoms with van der Waals surface area (Å²) >= 11 is 5.88. The lowest BCUT2D eigenvalue weighted by Crippen LogP contribution is -2.20. The van der Waals surface area contributed by atoms with Crippen LogP contribution in [-0.4, -0.2) is 18.2 Å². The first-order valence-corrected chi connectivity index (χ1v) is 7.50. The van der Waals surface area contributed by atoms with Gasteiger partial charge in [-0.05, 0) is 49.9 Å². The van der Waals surface area contributed by atoms with Gasteiger partial charge in [0.25, 0.3) is 0 Å². The van der Waals surface area contributed by atoms with Gasteiger partial charge in [0.2, 0.25) is 5.91 Å². The minimum Gasteiger partial charge on any atom is -0.493 e. The van der Waals surface area contributed by atoms with Crippen molar-refractivity contribution in [2.24, 2.45) is 11.0 Å². The number of aryl methyl sites for hydroxylation is 1. The summed E-state index contributed by atoms with van der Waals surface area (Å²) in [6.45, 7) is 8.40. The molecule has 5 heteroatoms. The summed E-state index contributed by atoms with van der Waals surface area (Å²) in [5, 5.41) is 4.74. The molecule has 1 rings (SSSR count). The minimum atomic E-state index is -0.0913. The van der Waals surface area contributed by atoms with Gasteiger partial charge >= 0.3 is 0 Å². The third-order valence-electron chi connectivity index (χ3n) is 3.14. The molecule has 0 aliphatic carbocycles. The van der Waals surface area contributed by atoms with Gasteiger partial charge in [0, 0.05) is 17.2 Å². The van der Waals surface area contributed by atoms with E-state index in [0.29, 0.717) is 30.4 Å². The number of benzene rings is 1. The molecule has 0 aromatic heterocycles. The molecule has 0 atom stereocenters. The monoisotopic (exact) mass is 310 g/mol. The predicted molar refractivity (Wildman–Crippen MR) is 87.0 cm³/mol. The van der Waals surface area contributed by atoms with E-state index in [4.69, 9.17) is 16.3 Å². The zero-order valence-electron chi connectivity index (χ0n) is 13.1. The van der Waals surface area contributed by atoms with Crippen LogP contribution in [0.1, 0.15) is 39.2 Å². The molecule has 0 saturated carbocycles. The second-order valence-corrected chi connectivity index (χ2v) is 5.74. The van der Waals surface area contributed by atoms with Crippen LogP contribution in [-0.2, 0) is 4.79 Å². The molecule has 21 heavy (non-hydrogen) atoms. The van der Waals surface area contributed by atoms with Gasteiger partial charge in [0.15, 0.2) is 0 Å². The Hall–Kier alpha value is -1.55. The molecule has 0 aliphatic heterocycles. The SMILES string of the molecule is C/C(=N/NC(=O)CCCOc1ccc(Cl)cc1C)C(C)C. The molecule has 0 saturated heterocycles. The number of hydrogen-bond acceptors (Lipinski definition) is 3. The average Bonchev–Trinajstić information content (AvgIpc) is 2.42. The maximum absolute atomic E-state index is 11.6. The van der Waals surface area contributed by atoms with Gasteiger partial charge in [-0.1, -0.05) is 25.4 Å². The number of nitrogens with one attached hydrogen (secondary N) is 1. The number of amides is 1. The maximum Gasteiger partial charge on any atom is 0.240 e. The summed E-state index contributed by atoms with van der Waals surface area (Å²) in [7, 11) is 0. The number of carbonyl (C=O) groups is 1. The van der Waals surface area contributed by atoms with Crippen LogP contribution in [0.4, 0.5) is 0 Å². The first kappa shape index (κ1) is 17.5. The highest BCUT2D eigenvalue weighted by molar-refractivity contribution is 6.30. The number of nitrogens with zero attached hydrogens (tertiary/aromatic N) is 1. The van der Waals surface area contributed by atoms with Gasteiger partial charge in [-0.2, -0.15) is 5.10 Å². The van der Waals surface area contributed by atoms with Gasteiger partial charge < -0.3 is 4.74 Å². The standard InChI is InChI=1S/C16H23ClN2O2/c1-11(2)13(4)18-19-16(20)6-5-9-21-15-8-7-14(17)10-12(15)3/h7-8,10-11H,5-6,9H2,1-4H3,(H,19,20)/b18-13-. The quantitative estimate of drug-likeness (QED) is 0.471. The fourth-order valence-corrected chi connectivity index (χ4v) is 1.75. The van der Waals surface area contributed by atoms with Crippen LogP contribution in [0, 0.1) is 12.8 Å². The third-order valence-corrected chi connectivity index (χ3v) is 3.37.